The fourth-order valence-corrected chi connectivity index (χ4v) is 3.10. The second-order valence-electron chi connectivity index (χ2n) is 6.25. The Morgan fingerprint density at radius 1 is 1.26 bits per heavy atom. The van der Waals surface area contributed by atoms with E-state index < -0.39 is 0 Å². The molecule has 0 radical (unpaired) electrons. The summed E-state index contributed by atoms with van der Waals surface area (Å²) in [5.74, 6) is 0.0740. The number of nitrogens with zero attached hydrogens (tertiary/aromatic N) is 4. The normalized spacial score (nSPS) is 14.3. The summed E-state index contributed by atoms with van der Waals surface area (Å²) in [5, 5.41) is 0. The Kier molecular flexibility index (Phi) is 3.22. The minimum absolute atomic E-state index is 0.0740. The second-order valence-corrected chi connectivity index (χ2v) is 6.25. The number of hydrogen-bond donors (Lipinski definition) is 0. The Hall–Kier alpha value is -2.56. The lowest BCUT2D eigenvalue weighted by molar-refractivity contribution is 0.0718. The van der Waals surface area contributed by atoms with Crippen molar-refractivity contribution in [1.29, 1.82) is 0 Å². The van der Waals surface area contributed by atoms with Crippen molar-refractivity contribution < 1.29 is 4.79 Å². The van der Waals surface area contributed by atoms with Crippen molar-refractivity contribution in [2.75, 3.05) is 0 Å². The van der Waals surface area contributed by atoms with Gasteiger partial charge < -0.3 is 9.47 Å². The molecule has 1 saturated carbocycles. The van der Waals surface area contributed by atoms with Crippen molar-refractivity contribution in [2.45, 2.75) is 32.4 Å². The maximum Gasteiger partial charge on any atom is 0.273 e. The van der Waals surface area contributed by atoms with E-state index in [4.69, 9.17) is 0 Å². The van der Waals surface area contributed by atoms with Gasteiger partial charge in [0.2, 0.25) is 0 Å². The third-order valence-corrected chi connectivity index (χ3v) is 4.54. The first-order chi connectivity index (χ1) is 11.1. The third-order valence-electron chi connectivity index (χ3n) is 4.54. The number of fused-ring (bicyclic) bond motifs is 1. The van der Waals surface area contributed by atoms with Crippen molar-refractivity contribution in [1.82, 2.24) is 18.9 Å². The Balaban J connectivity index is 1.72. The zero-order valence-corrected chi connectivity index (χ0v) is 13.4. The van der Waals surface area contributed by atoms with Gasteiger partial charge in [0.25, 0.3) is 5.91 Å². The molecule has 0 aromatic carbocycles. The summed E-state index contributed by atoms with van der Waals surface area (Å²) in [4.78, 5) is 19.7. The topological polar surface area (TPSA) is 42.5 Å². The zero-order chi connectivity index (χ0) is 16.0. The number of pyridine rings is 1. The maximum atomic E-state index is 13.2. The van der Waals surface area contributed by atoms with Gasteiger partial charge in [-0.2, -0.15) is 0 Å². The molecule has 3 aromatic rings. The van der Waals surface area contributed by atoms with Crippen LogP contribution in [0.5, 0.6) is 0 Å². The van der Waals surface area contributed by atoms with Gasteiger partial charge >= 0.3 is 0 Å². The molecule has 5 heteroatoms. The molecule has 1 aliphatic rings. The first-order valence-electron chi connectivity index (χ1n) is 8.00. The Morgan fingerprint density at radius 3 is 2.78 bits per heavy atom. The Bertz CT molecular complexity index is 872. The summed E-state index contributed by atoms with van der Waals surface area (Å²) in [7, 11) is 2.02. The molecule has 5 nitrogen and oxygen atoms in total. The smallest absolute Gasteiger partial charge is 0.273 e. The molecule has 3 aromatic heterocycles. The Labute approximate surface area is 135 Å². The van der Waals surface area contributed by atoms with E-state index in [1.165, 1.54) is 0 Å². The molecule has 0 saturated heterocycles. The van der Waals surface area contributed by atoms with E-state index in [0.29, 0.717) is 18.3 Å². The van der Waals surface area contributed by atoms with E-state index in [2.05, 4.69) is 15.6 Å². The molecule has 1 amide bonds. The predicted molar refractivity (Wildman–Crippen MR) is 88.2 cm³/mol. The minimum atomic E-state index is 0.0740. The van der Waals surface area contributed by atoms with E-state index in [0.717, 1.165) is 29.9 Å². The molecule has 118 valence electrons. The maximum absolute atomic E-state index is 13.2. The van der Waals surface area contributed by atoms with Crippen LogP contribution in [0.3, 0.4) is 0 Å². The molecule has 0 aliphatic heterocycles. The molecule has 3 heterocycles. The first kappa shape index (κ1) is 14.1. The molecule has 0 N–H and O–H groups in total. The average molecular weight is 308 g/mol. The van der Waals surface area contributed by atoms with Gasteiger partial charge in [0.1, 0.15) is 11.3 Å². The van der Waals surface area contributed by atoms with Crippen LogP contribution in [0.15, 0.2) is 42.7 Å². The number of amides is 1. The van der Waals surface area contributed by atoms with Crippen molar-refractivity contribution in [3.05, 3.63) is 59.8 Å². The van der Waals surface area contributed by atoms with Crippen LogP contribution in [0.2, 0.25) is 0 Å². The highest BCUT2D eigenvalue weighted by Crippen LogP contribution is 2.30. The average Bonchev–Trinajstić information content (AvgIpc) is 3.21. The van der Waals surface area contributed by atoms with E-state index in [1.54, 1.807) is 0 Å². The molecule has 1 fully saturated rings. The molecule has 0 bridgehead atoms. The number of carbonyl (C=O) groups is 1. The van der Waals surface area contributed by atoms with Crippen LogP contribution in [0.1, 0.15) is 34.7 Å². The van der Waals surface area contributed by atoms with Crippen LogP contribution in [0.25, 0.3) is 5.65 Å². The lowest BCUT2D eigenvalue weighted by Crippen LogP contribution is -2.34. The number of rotatable bonds is 4. The standard InChI is InChI=1S/C18H20N4O/c1-13-17(21-11-4-3-7-16(21)19-13)18(23)22(14-8-9-14)12-15-6-5-10-20(15)2/h3-7,10-11,14H,8-9,12H2,1-2H3. The second kappa shape index (κ2) is 5.26. The number of hydrogen-bond acceptors (Lipinski definition) is 2. The lowest BCUT2D eigenvalue weighted by Gasteiger charge is -2.23. The van der Waals surface area contributed by atoms with Gasteiger partial charge in [0, 0.05) is 31.2 Å². The molecular weight excluding hydrogens is 288 g/mol. The Morgan fingerprint density at radius 2 is 2.09 bits per heavy atom. The summed E-state index contributed by atoms with van der Waals surface area (Å²) < 4.78 is 3.97. The van der Waals surface area contributed by atoms with Gasteiger partial charge in [-0.25, -0.2) is 4.98 Å². The monoisotopic (exact) mass is 308 g/mol. The minimum Gasteiger partial charge on any atom is -0.353 e. The van der Waals surface area contributed by atoms with Crippen LogP contribution in [0.4, 0.5) is 0 Å². The van der Waals surface area contributed by atoms with E-state index in [9.17, 15) is 4.79 Å². The molecular formula is C18H20N4O. The zero-order valence-electron chi connectivity index (χ0n) is 13.4. The summed E-state index contributed by atoms with van der Waals surface area (Å²) in [5.41, 5.74) is 3.44. The SMILES string of the molecule is Cc1nc2ccccn2c1C(=O)N(Cc1cccn1C)C1CC1. The van der Waals surface area contributed by atoms with Crippen LogP contribution >= 0.6 is 0 Å². The quantitative estimate of drug-likeness (QED) is 0.744. The van der Waals surface area contributed by atoms with E-state index >= 15 is 0 Å². The van der Waals surface area contributed by atoms with Crippen LogP contribution in [-0.4, -0.2) is 30.8 Å². The van der Waals surface area contributed by atoms with Crippen molar-refractivity contribution in [3.8, 4) is 0 Å². The number of imidazole rings is 1. The molecule has 0 spiro atoms. The van der Waals surface area contributed by atoms with Gasteiger partial charge in [-0.15, -0.1) is 0 Å². The van der Waals surface area contributed by atoms with Gasteiger partial charge in [-0.1, -0.05) is 6.07 Å². The van der Waals surface area contributed by atoms with E-state index in [-0.39, 0.29) is 5.91 Å². The van der Waals surface area contributed by atoms with Crippen LogP contribution < -0.4 is 0 Å². The molecule has 23 heavy (non-hydrogen) atoms. The summed E-state index contributed by atoms with van der Waals surface area (Å²) in [6.45, 7) is 2.56. The van der Waals surface area contributed by atoms with Crippen LogP contribution in [0, 0.1) is 6.92 Å². The first-order valence-corrected chi connectivity index (χ1v) is 8.00. The predicted octanol–water partition coefficient (Wildman–Crippen LogP) is 2.79. The van der Waals surface area contributed by atoms with Crippen molar-refractivity contribution >= 4 is 11.6 Å². The van der Waals surface area contributed by atoms with Crippen LogP contribution in [-0.2, 0) is 13.6 Å². The van der Waals surface area contributed by atoms with Gasteiger partial charge in [0.05, 0.1) is 12.2 Å². The lowest BCUT2D eigenvalue weighted by atomic mass is 10.2. The molecule has 4 rings (SSSR count). The molecule has 0 unspecified atom stereocenters. The van der Waals surface area contributed by atoms with E-state index in [1.807, 2.05) is 59.9 Å². The fraction of sp³-hybridized carbons (Fsp3) is 0.333. The number of aryl methyl sites for hydroxylation is 2. The van der Waals surface area contributed by atoms with Crippen molar-refractivity contribution in [2.24, 2.45) is 7.05 Å². The largest absolute Gasteiger partial charge is 0.353 e. The summed E-state index contributed by atoms with van der Waals surface area (Å²) >= 11 is 0. The summed E-state index contributed by atoms with van der Waals surface area (Å²) in [6, 6.07) is 10.3. The highest BCUT2D eigenvalue weighted by atomic mass is 16.2. The van der Waals surface area contributed by atoms with Crippen molar-refractivity contribution in [3.63, 3.8) is 0 Å². The highest BCUT2D eigenvalue weighted by Gasteiger charge is 2.35. The van der Waals surface area contributed by atoms with Gasteiger partial charge in [-0.3, -0.25) is 9.20 Å². The molecule has 0 atom stereocenters. The number of carbonyl (C=O) groups excluding carboxylic acids is 1. The highest BCUT2D eigenvalue weighted by molar-refractivity contribution is 5.95. The van der Waals surface area contributed by atoms with Gasteiger partial charge in [0.15, 0.2) is 0 Å². The number of aromatic nitrogens is 3. The third kappa shape index (κ3) is 2.42. The summed E-state index contributed by atoms with van der Waals surface area (Å²) in [6.07, 6.45) is 6.11. The molecule has 1 aliphatic carbocycles. The van der Waals surface area contributed by atoms with Gasteiger partial charge in [-0.05, 0) is 44.0 Å². The fourth-order valence-electron chi connectivity index (χ4n) is 3.10.